The number of anilines is 2. The van der Waals surface area contributed by atoms with Crippen molar-refractivity contribution in [2.24, 2.45) is 0 Å². The first-order valence-electron chi connectivity index (χ1n) is 6.05. The maximum atomic E-state index is 13.5. The molecule has 1 heterocycles. The van der Waals surface area contributed by atoms with Crippen molar-refractivity contribution in [1.29, 1.82) is 0 Å². The molecule has 1 fully saturated rings. The highest BCUT2D eigenvalue weighted by Gasteiger charge is 2.14. The van der Waals surface area contributed by atoms with Crippen molar-refractivity contribution in [3.8, 4) is 0 Å². The molecule has 92 valence electrons. The van der Waals surface area contributed by atoms with E-state index in [2.05, 4.69) is 10.2 Å². The number of hydrogen-bond acceptors (Lipinski definition) is 2. The highest BCUT2D eigenvalue weighted by atomic mass is 19.1. The predicted octanol–water partition coefficient (Wildman–Crippen LogP) is 2.77. The van der Waals surface area contributed by atoms with Gasteiger partial charge in [-0.25, -0.2) is 4.39 Å². The lowest BCUT2D eigenvalue weighted by molar-refractivity contribution is -0.115. The highest BCUT2D eigenvalue weighted by Crippen LogP contribution is 2.25. The molecule has 0 atom stereocenters. The van der Waals surface area contributed by atoms with E-state index in [0.29, 0.717) is 6.42 Å². The van der Waals surface area contributed by atoms with Gasteiger partial charge in [0.2, 0.25) is 5.91 Å². The minimum atomic E-state index is -0.380. The van der Waals surface area contributed by atoms with Crippen LogP contribution >= 0.6 is 0 Å². The van der Waals surface area contributed by atoms with Crippen LogP contribution in [0.5, 0.6) is 0 Å². The van der Waals surface area contributed by atoms with E-state index in [0.717, 1.165) is 18.8 Å². The quantitative estimate of drug-likeness (QED) is 0.875. The van der Waals surface area contributed by atoms with Crippen molar-refractivity contribution in [2.45, 2.75) is 26.2 Å². The number of rotatable bonds is 3. The Labute approximate surface area is 101 Å². The molecule has 1 aliphatic rings. The molecule has 0 aromatic heterocycles. The first kappa shape index (κ1) is 11.9. The Balaban J connectivity index is 2.19. The molecule has 1 saturated heterocycles. The number of benzene rings is 1. The van der Waals surface area contributed by atoms with Crippen molar-refractivity contribution in [1.82, 2.24) is 0 Å². The van der Waals surface area contributed by atoms with Gasteiger partial charge in [0.15, 0.2) is 0 Å². The monoisotopic (exact) mass is 236 g/mol. The van der Waals surface area contributed by atoms with Crippen molar-refractivity contribution in [2.75, 3.05) is 23.3 Å². The molecule has 0 radical (unpaired) electrons. The molecule has 4 heteroatoms. The zero-order chi connectivity index (χ0) is 12.3. The lowest BCUT2D eigenvalue weighted by atomic mass is 10.2. The smallest absolute Gasteiger partial charge is 0.224 e. The first-order valence-corrected chi connectivity index (χ1v) is 6.05. The Kier molecular flexibility index (Phi) is 3.61. The van der Waals surface area contributed by atoms with Gasteiger partial charge < -0.3 is 10.2 Å². The summed E-state index contributed by atoms with van der Waals surface area (Å²) in [6.45, 7) is 3.76. The second-order valence-corrected chi connectivity index (χ2v) is 4.26. The second kappa shape index (κ2) is 5.17. The number of carbonyl (C=O) groups is 1. The van der Waals surface area contributed by atoms with Crippen molar-refractivity contribution in [3.63, 3.8) is 0 Å². The molecule has 3 nitrogen and oxygen atoms in total. The highest BCUT2D eigenvalue weighted by molar-refractivity contribution is 5.91. The van der Waals surface area contributed by atoms with Crippen molar-refractivity contribution in [3.05, 3.63) is 24.0 Å². The van der Waals surface area contributed by atoms with Gasteiger partial charge in [-0.3, -0.25) is 4.79 Å². The molecule has 0 spiro atoms. The molecule has 0 unspecified atom stereocenters. The number of amides is 1. The average molecular weight is 236 g/mol. The summed E-state index contributed by atoms with van der Waals surface area (Å²) in [5.74, 6) is -0.544. The van der Waals surface area contributed by atoms with Crippen molar-refractivity contribution >= 4 is 17.3 Å². The fourth-order valence-electron chi connectivity index (χ4n) is 2.02. The summed E-state index contributed by atoms with van der Waals surface area (Å²) in [5, 5.41) is 2.58. The van der Waals surface area contributed by atoms with Gasteiger partial charge in [0.05, 0.1) is 5.69 Å². The summed E-state index contributed by atoms with van der Waals surface area (Å²) in [7, 11) is 0. The third-order valence-corrected chi connectivity index (χ3v) is 3.02. The van der Waals surface area contributed by atoms with Gasteiger partial charge in [-0.15, -0.1) is 0 Å². The van der Waals surface area contributed by atoms with E-state index in [4.69, 9.17) is 0 Å². The molecule has 1 N–H and O–H groups in total. The summed E-state index contributed by atoms with van der Waals surface area (Å²) in [6.07, 6.45) is 2.70. The summed E-state index contributed by atoms with van der Waals surface area (Å²) < 4.78 is 13.5. The normalized spacial score (nSPS) is 15.1. The second-order valence-electron chi connectivity index (χ2n) is 4.26. The molecule has 17 heavy (non-hydrogen) atoms. The van der Waals surface area contributed by atoms with Gasteiger partial charge in [0.25, 0.3) is 0 Å². The minimum Gasteiger partial charge on any atom is -0.371 e. The average Bonchev–Trinajstić information content (AvgIpc) is 2.85. The van der Waals surface area contributed by atoms with Crippen LogP contribution in [0, 0.1) is 5.82 Å². The van der Waals surface area contributed by atoms with Crippen LogP contribution in [0.1, 0.15) is 26.2 Å². The number of carbonyl (C=O) groups excluding carboxylic acids is 1. The summed E-state index contributed by atoms with van der Waals surface area (Å²) in [4.78, 5) is 13.5. The number of hydrogen-bond donors (Lipinski definition) is 1. The molecular weight excluding hydrogens is 219 g/mol. The Morgan fingerprint density at radius 3 is 2.76 bits per heavy atom. The van der Waals surface area contributed by atoms with E-state index < -0.39 is 0 Å². The largest absolute Gasteiger partial charge is 0.371 e. The minimum absolute atomic E-state index is 0.164. The van der Waals surface area contributed by atoms with Gasteiger partial charge in [0, 0.05) is 25.2 Å². The predicted molar refractivity (Wildman–Crippen MR) is 66.8 cm³/mol. The van der Waals surface area contributed by atoms with Crippen molar-refractivity contribution < 1.29 is 9.18 Å². The van der Waals surface area contributed by atoms with E-state index in [-0.39, 0.29) is 17.4 Å². The molecule has 1 aromatic rings. The Morgan fingerprint density at radius 2 is 2.12 bits per heavy atom. The zero-order valence-electron chi connectivity index (χ0n) is 10.0. The topological polar surface area (TPSA) is 32.3 Å². The zero-order valence-corrected chi connectivity index (χ0v) is 10.0. The van der Waals surface area contributed by atoms with Gasteiger partial charge >= 0.3 is 0 Å². The standard InChI is InChI=1S/C13H17FN2O/c1-2-13(17)15-12-9-10(5-6-11(12)14)16-7-3-4-8-16/h5-6,9H,2-4,7-8H2,1H3,(H,15,17). The van der Waals surface area contributed by atoms with E-state index in [1.807, 2.05) is 0 Å². The van der Waals surface area contributed by atoms with Gasteiger partial charge in [0.1, 0.15) is 5.82 Å². The summed E-state index contributed by atoms with van der Waals surface area (Å²) >= 11 is 0. The van der Waals surface area contributed by atoms with E-state index in [1.54, 1.807) is 19.1 Å². The van der Waals surface area contributed by atoms with Crippen LogP contribution in [0.4, 0.5) is 15.8 Å². The molecule has 1 aliphatic heterocycles. The molecule has 0 bridgehead atoms. The molecule has 0 saturated carbocycles. The van der Waals surface area contributed by atoms with Crippen LogP contribution in [0.25, 0.3) is 0 Å². The lowest BCUT2D eigenvalue weighted by Gasteiger charge is -2.18. The maximum Gasteiger partial charge on any atom is 0.224 e. The molecule has 0 aliphatic carbocycles. The summed E-state index contributed by atoms with van der Waals surface area (Å²) in [6, 6.07) is 4.90. The molecule has 1 amide bonds. The van der Waals surface area contributed by atoms with Crippen LogP contribution in [0.15, 0.2) is 18.2 Å². The van der Waals surface area contributed by atoms with Crippen LogP contribution in [0.3, 0.4) is 0 Å². The van der Waals surface area contributed by atoms with Gasteiger partial charge in [-0.1, -0.05) is 6.92 Å². The third-order valence-electron chi connectivity index (χ3n) is 3.02. The van der Waals surface area contributed by atoms with E-state index >= 15 is 0 Å². The number of nitrogens with zero attached hydrogens (tertiary/aromatic N) is 1. The number of nitrogens with one attached hydrogen (secondary N) is 1. The van der Waals surface area contributed by atoms with Crippen LogP contribution in [0.2, 0.25) is 0 Å². The third kappa shape index (κ3) is 2.75. The lowest BCUT2D eigenvalue weighted by Crippen LogP contribution is -2.18. The SMILES string of the molecule is CCC(=O)Nc1cc(N2CCCC2)ccc1F. The fourth-order valence-corrected chi connectivity index (χ4v) is 2.02. The first-order chi connectivity index (χ1) is 8.20. The van der Waals surface area contributed by atoms with E-state index in [1.165, 1.54) is 18.9 Å². The Morgan fingerprint density at radius 1 is 1.41 bits per heavy atom. The molecular formula is C13H17FN2O. The van der Waals surface area contributed by atoms with Gasteiger partial charge in [-0.05, 0) is 31.0 Å². The van der Waals surface area contributed by atoms with Crippen LogP contribution < -0.4 is 10.2 Å². The Bertz CT molecular complexity index is 414. The number of halogens is 1. The van der Waals surface area contributed by atoms with Gasteiger partial charge in [-0.2, -0.15) is 0 Å². The maximum absolute atomic E-state index is 13.5. The molecule has 1 aromatic carbocycles. The van der Waals surface area contributed by atoms with Crippen LogP contribution in [-0.4, -0.2) is 19.0 Å². The summed E-state index contributed by atoms with van der Waals surface area (Å²) in [5.41, 5.74) is 1.26. The Hall–Kier alpha value is -1.58. The molecule has 2 rings (SSSR count). The fraction of sp³-hybridized carbons (Fsp3) is 0.462. The van der Waals surface area contributed by atoms with E-state index in [9.17, 15) is 9.18 Å². The van der Waals surface area contributed by atoms with Crippen LogP contribution in [-0.2, 0) is 4.79 Å².